The Hall–Kier alpha value is -2.47. The highest BCUT2D eigenvalue weighted by Gasteiger charge is 2.16. The summed E-state index contributed by atoms with van der Waals surface area (Å²) in [5.41, 5.74) is -0.553. The average Bonchev–Trinajstić information content (AvgIpc) is 2.51. The number of allylic oxidation sites excluding steroid dienone is 1. The van der Waals surface area contributed by atoms with E-state index in [4.69, 9.17) is 9.15 Å². The monoisotopic (exact) mass is 332 g/mol. The van der Waals surface area contributed by atoms with Gasteiger partial charge in [-0.2, -0.15) is 0 Å². The van der Waals surface area contributed by atoms with Gasteiger partial charge >= 0.3 is 5.63 Å². The predicted octanol–water partition coefficient (Wildman–Crippen LogP) is 3.28. The zero-order valence-electron chi connectivity index (χ0n) is 13.0. The number of ether oxygens (including phenoxy) is 1. The van der Waals surface area contributed by atoms with E-state index in [0.29, 0.717) is 11.3 Å². The Bertz CT molecular complexity index is 820. The Morgan fingerprint density at radius 2 is 2.09 bits per heavy atom. The van der Waals surface area contributed by atoms with Crippen LogP contribution in [0.2, 0.25) is 0 Å². The molecule has 0 aliphatic carbocycles. The highest BCUT2D eigenvalue weighted by atomic mass is 32.2. The maximum Gasteiger partial charge on any atom is 0.351 e. The molecule has 23 heavy (non-hydrogen) atoms. The first-order chi connectivity index (χ1) is 11.0. The van der Waals surface area contributed by atoms with Gasteiger partial charge in [-0.1, -0.05) is 6.07 Å². The lowest BCUT2D eigenvalue weighted by molar-refractivity contribution is 0.104. The van der Waals surface area contributed by atoms with E-state index in [1.807, 2.05) is 24.5 Å². The SMILES string of the molecule is COc1cc(SC)ccc1/C=C/C(=O)c1c(O)cc(C)oc1=O. The van der Waals surface area contributed by atoms with Crippen LogP contribution in [-0.2, 0) is 0 Å². The molecular weight excluding hydrogens is 316 g/mol. The van der Waals surface area contributed by atoms with Gasteiger partial charge in [0.15, 0.2) is 5.78 Å². The maximum atomic E-state index is 12.1. The van der Waals surface area contributed by atoms with Crippen LogP contribution in [0.25, 0.3) is 6.08 Å². The molecular formula is C17H16O5S. The molecule has 120 valence electrons. The van der Waals surface area contributed by atoms with Crippen LogP contribution in [0.5, 0.6) is 11.5 Å². The maximum absolute atomic E-state index is 12.1. The molecule has 0 amide bonds. The number of thioether (sulfide) groups is 1. The number of hydrogen-bond acceptors (Lipinski definition) is 6. The first kappa shape index (κ1) is 16.9. The summed E-state index contributed by atoms with van der Waals surface area (Å²) >= 11 is 1.58. The molecule has 1 aromatic carbocycles. The minimum absolute atomic E-state index is 0.238. The van der Waals surface area contributed by atoms with E-state index in [2.05, 4.69) is 0 Å². The smallest absolute Gasteiger partial charge is 0.351 e. The molecule has 2 rings (SSSR count). The van der Waals surface area contributed by atoms with E-state index >= 15 is 0 Å². The van der Waals surface area contributed by atoms with Gasteiger partial charge in [-0.25, -0.2) is 4.79 Å². The summed E-state index contributed by atoms with van der Waals surface area (Å²) in [5, 5.41) is 9.77. The van der Waals surface area contributed by atoms with Gasteiger partial charge in [0.25, 0.3) is 0 Å². The number of rotatable bonds is 5. The van der Waals surface area contributed by atoms with E-state index in [1.165, 1.54) is 25.1 Å². The highest BCUT2D eigenvalue weighted by molar-refractivity contribution is 7.98. The van der Waals surface area contributed by atoms with Crippen molar-refractivity contribution in [3.63, 3.8) is 0 Å². The summed E-state index contributed by atoms with van der Waals surface area (Å²) < 4.78 is 10.1. The number of ketones is 1. The third-order valence-corrected chi connectivity index (χ3v) is 3.88. The fourth-order valence-corrected chi connectivity index (χ4v) is 2.46. The summed E-state index contributed by atoms with van der Waals surface area (Å²) in [5.74, 6) is -0.172. The van der Waals surface area contributed by atoms with Crippen molar-refractivity contribution in [2.24, 2.45) is 0 Å². The average molecular weight is 332 g/mol. The molecule has 1 aromatic heterocycles. The predicted molar refractivity (Wildman–Crippen MR) is 89.5 cm³/mol. The van der Waals surface area contributed by atoms with Crippen molar-refractivity contribution >= 4 is 23.6 Å². The second-order valence-electron chi connectivity index (χ2n) is 4.71. The fourth-order valence-electron chi connectivity index (χ4n) is 2.03. The van der Waals surface area contributed by atoms with E-state index in [1.54, 1.807) is 18.9 Å². The molecule has 1 heterocycles. The summed E-state index contributed by atoms with van der Waals surface area (Å²) in [6, 6.07) is 6.80. The fraction of sp³-hybridized carbons (Fsp3) is 0.176. The van der Waals surface area contributed by atoms with Crippen LogP contribution in [0.4, 0.5) is 0 Å². The minimum atomic E-state index is -0.859. The quantitative estimate of drug-likeness (QED) is 0.514. The Morgan fingerprint density at radius 3 is 2.70 bits per heavy atom. The molecule has 0 aliphatic heterocycles. The van der Waals surface area contributed by atoms with Gasteiger partial charge in [-0.3, -0.25) is 4.79 Å². The van der Waals surface area contributed by atoms with Crippen LogP contribution >= 0.6 is 11.8 Å². The van der Waals surface area contributed by atoms with Crippen molar-refractivity contribution < 1.29 is 19.1 Å². The van der Waals surface area contributed by atoms with Crippen molar-refractivity contribution in [1.29, 1.82) is 0 Å². The summed E-state index contributed by atoms with van der Waals surface area (Å²) in [6.07, 6.45) is 4.69. The Morgan fingerprint density at radius 1 is 1.35 bits per heavy atom. The molecule has 0 fully saturated rings. The van der Waals surface area contributed by atoms with Gasteiger partial charge in [0.1, 0.15) is 22.8 Å². The molecule has 0 bridgehead atoms. The lowest BCUT2D eigenvalue weighted by atomic mass is 10.1. The van der Waals surface area contributed by atoms with Gasteiger partial charge in [-0.15, -0.1) is 11.8 Å². The zero-order valence-corrected chi connectivity index (χ0v) is 13.8. The van der Waals surface area contributed by atoms with Crippen molar-refractivity contribution in [2.75, 3.05) is 13.4 Å². The Balaban J connectivity index is 2.34. The van der Waals surface area contributed by atoms with Crippen LogP contribution in [0, 0.1) is 6.92 Å². The Labute approximate surface area is 137 Å². The second kappa shape index (κ2) is 7.19. The van der Waals surface area contributed by atoms with Crippen molar-refractivity contribution in [3.8, 4) is 11.5 Å². The number of aryl methyl sites for hydroxylation is 1. The normalized spacial score (nSPS) is 10.9. The van der Waals surface area contributed by atoms with Crippen LogP contribution in [0.15, 0.2) is 44.4 Å². The standard InChI is InChI=1S/C17H16O5S/c1-10-8-14(19)16(17(20)22-10)13(18)7-5-11-4-6-12(23-3)9-15(11)21-2/h4-9,19H,1-3H3/b7-5+. The molecule has 1 N–H and O–H groups in total. The van der Waals surface area contributed by atoms with Gasteiger partial charge in [0, 0.05) is 16.5 Å². The first-order valence-electron chi connectivity index (χ1n) is 6.74. The lowest BCUT2D eigenvalue weighted by Crippen LogP contribution is -2.12. The van der Waals surface area contributed by atoms with E-state index in [-0.39, 0.29) is 11.3 Å². The van der Waals surface area contributed by atoms with Gasteiger partial charge in [0.05, 0.1) is 7.11 Å². The number of methoxy groups -OCH3 is 1. The zero-order chi connectivity index (χ0) is 17.0. The number of carbonyl (C=O) groups excluding carboxylic acids is 1. The topological polar surface area (TPSA) is 76.7 Å². The molecule has 5 nitrogen and oxygen atoms in total. The van der Waals surface area contributed by atoms with Gasteiger partial charge in [-0.05, 0) is 37.5 Å². The molecule has 0 saturated carbocycles. The second-order valence-corrected chi connectivity index (χ2v) is 5.59. The number of carbonyl (C=O) groups is 1. The largest absolute Gasteiger partial charge is 0.507 e. The van der Waals surface area contributed by atoms with Crippen molar-refractivity contribution in [3.05, 3.63) is 57.6 Å². The number of aromatic hydroxyl groups is 1. The minimum Gasteiger partial charge on any atom is -0.507 e. The Kier molecular flexibility index (Phi) is 5.28. The third-order valence-electron chi connectivity index (χ3n) is 3.16. The number of benzene rings is 1. The molecule has 0 aliphatic rings. The van der Waals surface area contributed by atoms with Crippen LogP contribution in [0.1, 0.15) is 21.7 Å². The molecule has 0 radical (unpaired) electrons. The van der Waals surface area contributed by atoms with Crippen LogP contribution in [0.3, 0.4) is 0 Å². The molecule has 0 saturated heterocycles. The molecule has 2 aromatic rings. The van der Waals surface area contributed by atoms with Crippen molar-refractivity contribution in [1.82, 2.24) is 0 Å². The lowest BCUT2D eigenvalue weighted by Gasteiger charge is -2.06. The van der Waals surface area contributed by atoms with E-state index < -0.39 is 17.2 Å². The summed E-state index contributed by atoms with van der Waals surface area (Å²) in [6.45, 7) is 1.52. The van der Waals surface area contributed by atoms with Gasteiger partial charge < -0.3 is 14.3 Å². The van der Waals surface area contributed by atoms with E-state index in [0.717, 1.165) is 4.90 Å². The molecule has 0 spiro atoms. The van der Waals surface area contributed by atoms with Crippen LogP contribution < -0.4 is 10.4 Å². The third kappa shape index (κ3) is 3.84. The van der Waals surface area contributed by atoms with Crippen LogP contribution in [-0.4, -0.2) is 24.3 Å². The summed E-state index contributed by atoms with van der Waals surface area (Å²) in [7, 11) is 1.54. The molecule has 0 unspecified atom stereocenters. The van der Waals surface area contributed by atoms with E-state index in [9.17, 15) is 14.7 Å². The highest BCUT2D eigenvalue weighted by Crippen LogP contribution is 2.26. The summed E-state index contributed by atoms with van der Waals surface area (Å²) in [4.78, 5) is 24.9. The molecule has 6 heteroatoms. The van der Waals surface area contributed by atoms with Gasteiger partial charge in [0.2, 0.25) is 0 Å². The number of hydrogen-bond donors (Lipinski definition) is 1. The van der Waals surface area contributed by atoms with Crippen molar-refractivity contribution in [2.45, 2.75) is 11.8 Å². The molecule has 0 atom stereocenters. The first-order valence-corrected chi connectivity index (χ1v) is 7.97.